The van der Waals surface area contributed by atoms with Gasteiger partial charge in [0.05, 0.1) is 18.8 Å². The van der Waals surface area contributed by atoms with E-state index in [1.54, 1.807) is 18.2 Å². The number of hydrogen-bond donors (Lipinski definition) is 2. The Kier molecular flexibility index (Phi) is 5.32. The molecule has 1 aromatic heterocycles. The maximum Gasteiger partial charge on any atom is 0.254 e. The minimum Gasteiger partial charge on any atom is -0.507 e. The molecule has 2 aromatic carbocycles. The third kappa shape index (κ3) is 3.77. The van der Waals surface area contributed by atoms with Crippen LogP contribution in [0.25, 0.3) is 10.9 Å². The zero-order valence-corrected chi connectivity index (χ0v) is 19.0. The largest absolute Gasteiger partial charge is 0.507 e. The van der Waals surface area contributed by atoms with Crippen LogP contribution in [0.5, 0.6) is 5.75 Å². The molecular formula is C24H25BrN4O2. The summed E-state index contributed by atoms with van der Waals surface area (Å²) in [7, 11) is 0. The number of amides is 1. The Labute approximate surface area is 189 Å². The number of phenolic OH excluding ortho intramolecular Hbond substituents is 1. The van der Waals surface area contributed by atoms with Gasteiger partial charge >= 0.3 is 0 Å². The lowest BCUT2D eigenvalue weighted by atomic mass is 9.89. The van der Waals surface area contributed by atoms with Crippen molar-refractivity contribution < 1.29 is 9.90 Å². The van der Waals surface area contributed by atoms with Gasteiger partial charge in [-0.3, -0.25) is 9.69 Å². The van der Waals surface area contributed by atoms with Crippen molar-refractivity contribution in [2.75, 3.05) is 13.1 Å². The van der Waals surface area contributed by atoms with Gasteiger partial charge in [-0.2, -0.15) is 5.10 Å². The summed E-state index contributed by atoms with van der Waals surface area (Å²) in [5, 5.41) is 15.3. The van der Waals surface area contributed by atoms with Crippen molar-refractivity contribution in [3.05, 3.63) is 63.3 Å². The number of aromatic nitrogens is 1. The fourth-order valence-electron chi connectivity index (χ4n) is 5.00. The van der Waals surface area contributed by atoms with Gasteiger partial charge in [-0.25, -0.2) is 5.43 Å². The highest BCUT2D eigenvalue weighted by Crippen LogP contribution is 2.42. The van der Waals surface area contributed by atoms with Gasteiger partial charge in [0.15, 0.2) is 0 Å². The van der Waals surface area contributed by atoms with Crippen LogP contribution in [0.3, 0.4) is 0 Å². The fraction of sp³-hybridized carbons (Fsp3) is 0.333. The number of aryl methyl sites for hydroxylation is 2. The zero-order valence-electron chi connectivity index (χ0n) is 17.4. The lowest BCUT2D eigenvalue weighted by molar-refractivity contribution is -0.123. The SMILES string of the molecule is Cc1ccc2c(c1)c1c3n2CCN(CC(=O)N/N=C/c2cc(Br)ccc2O)[C@H]3CCC1. The Morgan fingerprint density at radius 3 is 3.03 bits per heavy atom. The molecule has 5 rings (SSSR count). The quantitative estimate of drug-likeness (QED) is 0.432. The molecule has 0 fully saturated rings. The summed E-state index contributed by atoms with van der Waals surface area (Å²) >= 11 is 3.37. The zero-order chi connectivity index (χ0) is 21.5. The van der Waals surface area contributed by atoms with Gasteiger partial charge < -0.3 is 9.67 Å². The van der Waals surface area contributed by atoms with Crippen LogP contribution in [0, 0.1) is 6.92 Å². The summed E-state index contributed by atoms with van der Waals surface area (Å²) in [6.07, 6.45) is 4.79. The maximum atomic E-state index is 12.6. The summed E-state index contributed by atoms with van der Waals surface area (Å²) in [6, 6.07) is 12.1. The number of phenols is 1. The van der Waals surface area contributed by atoms with Crippen molar-refractivity contribution >= 4 is 39.0 Å². The van der Waals surface area contributed by atoms with Crippen LogP contribution in [0.1, 0.15) is 41.3 Å². The van der Waals surface area contributed by atoms with Gasteiger partial charge in [-0.05, 0) is 62.1 Å². The van der Waals surface area contributed by atoms with Gasteiger partial charge in [0.2, 0.25) is 0 Å². The van der Waals surface area contributed by atoms with Gasteiger partial charge in [0.25, 0.3) is 5.91 Å². The summed E-state index contributed by atoms with van der Waals surface area (Å²) in [5.74, 6) is -0.0201. The van der Waals surface area contributed by atoms with E-state index in [9.17, 15) is 9.90 Å². The highest BCUT2D eigenvalue weighted by Gasteiger charge is 2.35. The molecule has 2 aliphatic rings. The van der Waals surface area contributed by atoms with Gasteiger partial charge in [-0.1, -0.05) is 27.6 Å². The molecule has 160 valence electrons. The molecule has 1 atom stereocenters. The van der Waals surface area contributed by atoms with Crippen LogP contribution in [-0.4, -0.2) is 39.8 Å². The van der Waals surface area contributed by atoms with Crippen LogP contribution in [-0.2, 0) is 17.8 Å². The number of hydrogen-bond acceptors (Lipinski definition) is 4. The molecule has 0 saturated heterocycles. The molecule has 0 spiro atoms. The standard InChI is InChI=1S/C24H25BrN4O2/c1-15-5-7-20-19(11-15)18-3-2-4-21-24(18)29(20)10-9-28(21)14-23(31)27-26-13-16-12-17(25)6-8-22(16)30/h5-8,11-13,21,30H,2-4,9-10,14H2,1H3,(H,27,31)/b26-13+/t21-/m0/s1. The summed E-state index contributed by atoms with van der Waals surface area (Å²) in [4.78, 5) is 14.9. The van der Waals surface area contributed by atoms with Crippen molar-refractivity contribution in [2.24, 2.45) is 5.10 Å². The number of fused-ring (bicyclic) bond motifs is 3. The Balaban J connectivity index is 1.32. The molecule has 0 unspecified atom stereocenters. The Morgan fingerprint density at radius 1 is 1.29 bits per heavy atom. The second-order valence-corrected chi connectivity index (χ2v) is 9.33. The topological polar surface area (TPSA) is 69.9 Å². The number of halogens is 1. The van der Waals surface area contributed by atoms with Crippen molar-refractivity contribution in [3.8, 4) is 5.75 Å². The Hall–Kier alpha value is -2.64. The minimum atomic E-state index is -0.140. The second kappa shape index (κ2) is 8.13. The van der Waals surface area contributed by atoms with Crippen LogP contribution >= 0.6 is 15.9 Å². The van der Waals surface area contributed by atoms with Crippen LogP contribution < -0.4 is 5.43 Å². The highest BCUT2D eigenvalue weighted by molar-refractivity contribution is 9.10. The smallest absolute Gasteiger partial charge is 0.254 e. The first-order valence-corrected chi connectivity index (χ1v) is 11.5. The average molecular weight is 481 g/mol. The number of aromatic hydroxyl groups is 1. The first-order chi connectivity index (χ1) is 15.0. The molecule has 3 aromatic rings. The number of hydrazone groups is 1. The summed E-state index contributed by atoms with van der Waals surface area (Å²) < 4.78 is 3.31. The number of nitrogens with zero attached hydrogens (tertiary/aromatic N) is 3. The van der Waals surface area contributed by atoms with Crippen molar-refractivity contribution in [1.82, 2.24) is 14.9 Å². The maximum absolute atomic E-state index is 12.6. The molecule has 0 radical (unpaired) electrons. The minimum absolute atomic E-state index is 0.120. The van der Waals surface area contributed by atoms with Crippen molar-refractivity contribution in [3.63, 3.8) is 0 Å². The molecule has 2 heterocycles. The average Bonchev–Trinajstić information content (AvgIpc) is 3.07. The van der Waals surface area contributed by atoms with Crippen LogP contribution in [0.15, 0.2) is 46.0 Å². The van der Waals surface area contributed by atoms with E-state index < -0.39 is 0 Å². The molecule has 0 bridgehead atoms. The summed E-state index contributed by atoms with van der Waals surface area (Å²) in [5.41, 5.74) is 8.64. The number of benzene rings is 2. The molecule has 7 heteroatoms. The predicted octanol–water partition coefficient (Wildman–Crippen LogP) is 4.26. The van der Waals surface area contributed by atoms with E-state index in [2.05, 4.69) is 61.0 Å². The van der Waals surface area contributed by atoms with Gasteiger partial charge in [0, 0.05) is 39.7 Å². The Bertz CT molecular complexity index is 1200. The lowest BCUT2D eigenvalue weighted by Crippen LogP contribution is -2.44. The van der Waals surface area contributed by atoms with E-state index in [-0.39, 0.29) is 17.7 Å². The Morgan fingerprint density at radius 2 is 2.16 bits per heavy atom. The molecule has 2 N–H and O–H groups in total. The molecule has 6 nitrogen and oxygen atoms in total. The van der Waals surface area contributed by atoms with E-state index in [4.69, 9.17) is 0 Å². The molecule has 1 aliphatic heterocycles. The third-order valence-electron chi connectivity index (χ3n) is 6.37. The van der Waals surface area contributed by atoms with Crippen LogP contribution in [0.2, 0.25) is 0 Å². The monoisotopic (exact) mass is 480 g/mol. The van der Waals surface area contributed by atoms with Crippen LogP contribution in [0.4, 0.5) is 0 Å². The van der Waals surface area contributed by atoms with Gasteiger partial charge in [0.1, 0.15) is 5.75 Å². The first-order valence-electron chi connectivity index (χ1n) is 10.7. The first kappa shape index (κ1) is 20.3. The van der Waals surface area contributed by atoms with E-state index >= 15 is 0 Å². The van der Waals surface area contributed by atoms with E-state index in [1.165, 1.54) is 33.9 Å². The number of carbonyl (C=O) groups is 1. The number of nitrogens with one attached hydrogen (secondary N) is 1. The number of carbonyl (C=O) groups excluding carboxylic acids is 1. The highest BCUT2D eigenvalue weighted by atomic mass is 79.9. The molecule has 31 heavy (non-hydrogen) atoms. The van der Waals surface area contributed by atoms with E-state index in [1.807, 2.05) is 0 Å². The lowest BCUT2D eigenvalue weighted by Gasteiger charge is -2.39. The molecule has 1 aliphatic carbocycles. The number of rotatable bonds is 4. The predicted molar refractivity (Wildman–Crippen MR) is 125 cm³/mol. The third-order valence-corrected chi connectivity index (χ3v) is 6.86. The fourth-order valence-corrected chi connectivity index (χ4v) is 5.38. The molecule has 1 amide bonds. The van der Waals surface area contributed by atoms with Crippen molar-refractivity contribution in [2.45, 2.75) is 38.8 Å². The molecular weight excluding hydrogens is 456 g/mol. The van der Waals surface area contributed by atoms with Gasteiger partial charge in [-0.15, -0.1) is 0 Å². The van der Waals surface area contributed by atoms with E-state index in [0.717, 1.165) is 36.8 Å². The van der Waals surface area contributed by atoms with E-state index in [0.29, 0.717) is 12.1 Å². The second-order valence-electron chi connectivity index (χ2n) is 8.41. The molecule has 0 saturated carbocycles. The normalized spacial score (nSPS) is 18.5. The summed E-state index contributed by atoms with van der Waals surface area (Å²) in [6.45, 7) is 4.20. The van der Waals surface area contributed by atoms with Crippen molar-refractivity contribution in [1.29, 1.82) is 0 Å².